The van der Waals surface area contributed by atoms with E-state index in [4.69, 9.17) is 4.74 Å². The van der Waals surface area contributed by atoms with Crippen molar-refractivity contribution in [3.05, 3.63) is 40.7 Å². The number of ether oxygens (including phenoxy) is 1. The van der Waals surface area contributed by atoms with E-state index >= 15 is 0 Å². The molecule has 2 heterocycles. The van der Waals surface area contributed by atoms with Crippen LogP contribution in [0.3, 0.4) is 0 Å². The molecule has 0 radical (unpaired) electrons. The third-order valence-electron chi connectivity index (χ3n) is 4.06. The van der Waals surface area contributed by atoms with E-state index in [0.29, 0.717) is 18.8 Å². The zero-order valence-corrected chi connectivity index (χ0v) is 12.6. The maximum atomic E-state index is 13.7. The first-order valence-corrected chi connectivity index (χ1v) is 7.21. The molecule has 0 amide bonds. The van der Waals surface area contributed by atoms with Crippen molar-refractivity contribution in [2.75, 3.05) is 25.1 Å². The number of nitro groups is 1. The Kier molecular flexibility index (Phi) is 4.09. The second-order valence-corrected chi connectivity index (χ2v) is 5.33. The van der Waals surface area contributed by atoms with Gasteiger partial charge in [-0.05, 0) is 12.8 Å². The highest BCUT2D eigenvalue weighted by molar-refractivity contribution is 5.66. The fourth-order valence-corrected chi connectivity index (χ4v) is 2.87. The summed E-state index contributed by atoms with van der Waals surface area (Å²) in [5, 5.41) is 15.3. The molecule has 1 saturated heterocycles. The summed E-state index contributed by atoms with van der Waals surface area (Å²) in [6.07, 6.45) is 4.71. The van der Waals surface area contributed by atoms with Crippen molar-refractivity contribution in [1.29, 1.82) is 0 Å². The molecule has 0 aliphatic carbocycles. The summed E-state index contributed by atoms with van der Waals surface area (Å²) in [5.74, 6) is -0.732. The van der Waals surface area contributed by atoms with Gasteiger partial charge in [-0.25, -0.2) is 14.1 Å². The topological polar surface area (TPSA) is 86.3 Å². The number of nitro benzene ring substituents is 1. The number of methoxy groups -OCH3 is 1. The van der Waals surface area contributed by atoms with E-state index in [9.17, 15) is 14.5 Å². The number of hydrogen-bond donors (Lipinski definition) is 0. The van der Waals surface area contributed by atoms with E-state index in [1.54, 1.807) is 11.0 Å². The number of benzene rings is 1. The van der Waals surface area contributed by atoms with E-state index in [2.05, 4.69) is 10.1 Å². The number of piperidine rings is 1. The van der Waals surface area contributed by atoms with E-state index < -0.39 is 10.7 Å². The summed E-state index contributed by atoms with van der Waals surface area (Å²) in [6, 6.07) is 2.52. The van der Waals surface area contributed by atoms with Crippen LogP contribution in [0.5, 0.6) is 5.75 Å². The second-order valence-electron chi connectivity index (χ2n) is 5.33. The molecule has 3 rings (SSSR count). The first-order valence-electron chi connectivity index (χ1n) is 7.21. The van der Waals surface area contributed by atoms with Gasteiger partial charge in [0.15, 0.2) is 11.6 Å². The van der Waals surface area contributed by atoms with Crippen LogP contribution in [0.15, 0.2) is 24.8 Å². The fraction of sp³-hybridized carbons (Fsp3) is 0.429. The van der Waals surface area contributed by atoms with Gasteiger partial charge in [-0.2, -0.15) is 5.10 Å². The van der Waals surface area contributed by atoms with Gasteiger partial charge in [0.05, 0.1) is 24.1 Å². The third kappa shape index (κ3) is 2.94. The molecule has 0 N–H and O–H groups in total. The average Bonchev–Trinajstić information content (AvgIpc) is 3.09. The lowest BCUT2D eigenvalue weighted by Crippen LogP contribution is -2.35. The van der Waals surface area contributed by atoms with E-state index in [1.807, 2.05) is 4.90 Å². The fourth-order valence-electron chi connectivity index (χ4n) is 2.87. The first kappa shape index (κ1) is 15.2. The lowest BCUT2D eigenvalue weighted by Gasteiger charge is -2.33. The van der Waals surface area contributed by atoms with Crippen LogP contribution in [-0.4, -0.2) is 39.9 Å². The highest BCUT2D eigenvalue weighted by Gasteiger charge is 2.27. The highest BCUT2D eigenvalue weighted by atomic mass is 19.1. The molecule has 0 bridgehead atoms. The van der Waals surface area contributed by atoms with Crippen molar-refractivity contribution in [2.24, 2.45) is 0 Å². The predicted octanol–water partition coefficient (Wildman–Crippen LogP) is 2.18. The summed E-state index contributed by atoms with van der Waals surface area (Å²) >= 11 is 0. The normalized spacial score (nSPS) is 15.7. The Balaban J connectivity index is 1.83. The molecule has 8 nitrogen and oxygen atoms in total. The Morgan fingerprint density at radius 2 is 2.13 bits per heavy atom. The van der Waals surface area contributed by atoms with Crippen LogP contribution < -0.4 is 9.64 Å². The van der Waals surface area contributed by atoms with Crippen LogP contribution >= 0.6 is 0 Å². The van der Waals surface area contributed by atoms with Crippen LogP contribution in [0.4, 0.5) is 15.8 Å². The Labute approximate surface area is 131 Å². The van der Waals surface area contributed by atoms with E-state index in [0.717, 1.165) is 18.9 Å². The van der Waals surface area contributed by atoms with Crippen molar-refractivity contribution >= 4 is 11.4 Å². The van der Waals surface area contributed by atoms with Gasteiger partial charge in [0.1, 0.15) is 18.3 Å². The summed E-state index contributed by atoms with van der Waals surface area (Å²) in [5.41, 5.74) is 0.132. The third-order valence-corrected chi connectivity index (χ3v) is 4.06. The number of anilines is 1. The van der Waals surface area contributed by atoms with Gasteiger partial charge >= 0.3 is 0 Å². The highest BCUT2D eigenvalue weighted by Crippen LogP contribution is 2.36. The van der Waals surface area contributed by atoms with Crippen LogP contribution in [0.25, 0.3) is 0 Å². The van der Waals surface area contributed by atoms with Crippen molar-refractivity contribution < 1.29 is 14.1 Å². The lowest BCUT2D eigenvalue weighted by molar-refractivity contribution is -0.384. The SMILES string of the molecule is COc1cc(N2CCC(n3cncn3)CC2)c([N+](=O)[O-])cc1F. The molecule has 23 heavy (non-hydrogen) atoms. The minimum Gasteiger partial charge on any atom is -0.494 e. The summed E-state index contributed by atoms with van der Waals surface area (Å²) < 4.78 is 20.5. The van der Waals surface area contributed by atoms with Crippen LogP contribution in [0.2, 0.25) is 0 Å². The largest absolute Gasteiger partial charge is 0.494 e. The molecule has 1 fully saturated rings. The molecule has 1 aliphatic rings. The molecule has 0 atom stereocenters. The molecule has 1 aliphatic heterocycles. The van der Waals surface area contributed by atoms with Crippen LogP contribution in [0.1, 0.15) is 18.9 Å². The maximum Gasteiger partial charge on any atom is 0.295 e. The molecule has 1 aromatic carbocycles. The lowest BCUT2D eigenvalue weighted by atomic mass is 10.0. The predicted molar refractivity (Wildman–Crippen MR) is 80.1 cm³/mol. The smallest absolute Gasteiger partial charge is 0.295 e. The quantitative estimate of drug-likeness (QED) is 0.633. The van der Waals surface area contributed by atoms with Gasteiger partial charge in [-0.15, -0.1) is 0 Å². The summed E-state index contributed by atoms with van der Waals surface area (Å²) in [7, 11) is 1.34. The molecule has 9 heteroatoms. The Morgan fingerprint density at radius 1 is 1.39 bits per heavy atom. The zero-order valence-electron chi connectivity index (χ0n) is 12.6. The van der Waals surface area contributed by atoms with Crippen molar-refractivity contribution in [3.63, 3.8) is 0 Å². The molecule has 2 aromatic rings. The number of rotatable bonds is 4. The molecular formula is C14H16FN5O3. The Hall–Kier alpha value is -2.71. The average molecular weight is 321 g/mol. The van der Waals surface area contributed by atoms with Crippen LogP contribution in [0, 0.1) is 15.9 Å². The van der Waals surface area contributed by atoms with Gasteiger partial charge in [0, 0.05) is 19.2 Å². The summed E-state index contributed by atoms with van der Waals surface area (Å²) in [6.45, 7) is 1.22. The van der Waals surface area contributed by atoms with Crippen molar-refractivity contribution in [3.8, 4) is 5.75 Å². The second kappa shape index (κ2) is 6.19. The number of aromatic nitrogens is 3. The van der Waals surface area contributed by atoms with Crippen molar-refractivity contribution in [1.82, 2.24) is 14.8 Å². The molecule has 1 aromatic heterocycles. The summed E-state index contributed by atoms with van der Waals surface area (Å²) in [4.78, 5) is 16.5. The minimum atomic E-state index is -0.736. The van der Waals surface area contributed by atoms with Gasteiger partial charge in [0.25, 0.3) is 5.69 Å². The van der Waals surface area contributed by atoms with Gasteiger partial charge in [-0.1, -0.05) is 0 Å². The first-order chi connectivity index (χ1) is 11.1. The number of halogens is 1. The Bertz CT molecular complexity index is 699. The zero-order chi connectivity index (χ0) is 16.4. The Morgan fingerprint density at radius 3 is 2.70 bits per heavy atom. The number of nitrogens with zero attached hydrogens (tertiary/aromatic N) is 5. The van der Waals surface area contributed by atoms with E-state index in [-0.39, 0.29) is 17.5 Å². The number of hydrogen-bond acceptors (Lipinski definition) is 6. The monoisotopic (exact) mass is 321 g/mol. The van der Waals surface area contributed by atoms with Gasteiger partial charge in [0.2, 0.25) is 0 Å². The molecule has 0 saturated carbocycles. The van der Waals surface area contributed by atoms with Crippen molar-refractivity contribution in [2.45, 2.75) is 18.9 Å². The van der Waals surface area contributed by atoms with E-state index in [1.165, 1.54) is 19.5 Å². The molecule has 0 spiro atoms. The standard InChI is InChI=1S/C14H16FN5O3/c1-23-14-7-12(13(20(21)22)6-11(14)15)18-4-2-10(3-5-18)19-9-16-8-17-19/h6-10H,2-5H2,1H3. The molecular weight excluding hydrogens is 305 g/mol. The molecule has 0 unspecified atom stereocenters. The van der Waals surface area contributed by atoms with Gasteiger partial charge < -0.3 is 9.64 Å². The minimum absolute atomic E-state index is 0.00370. The maximum absolute atomic E-state index is 13.7. The van der Waals surface area contributed by atoms with Gasteiger partial charge in [-0.3, -0.25) is 10.1 Å². The van der Waals surface area contributed by atoms with Crippen LogP contribution in [-0.2, 0) is 0 Å². The molecule has 122 valence electrons.